The highest BCUT2D eigenvalue weighted by Gasteiger charge is 2.38. The molecule has 0 heterocycles. The normalized spacial score (nSPS) is 14.7. The molecular weight excluding hydrogens is 609 g/mol. The van der Waals surface area contributed by atoms with Gasteiger partial charge in [0.2, 0.25) is 0 Å². The van der Waals surface area contributed by atoms with Gasteiger partial charge in [0.05, 0.1) is 34.0 Å². The van der Waals surface area contributed by atoms with Crippen LogP contribution < -0.4 is 4.74 Å². The van der Waals surface area contributed by atoms with Gasteiger partial charge in [0.25, 0.3) is 0 Å². The second kappa shape index (κ2) is 13.1. The topological polar surface area (TPSA) is 77.4 Å². The average molecular weight is 652 g/mol. The van der Waals surface area contributed by atoms with Crippen molar-refractivity contribution in [2.75, 3.05) is 13.2 Å². The minimum Gasteiger partial charge on any atom is -0.506 e. The van der Waals surface area contributed by atoms with Gasteiger partial charge in [-0.1, -0.05) is 53.1 Å². The summed E-state index contributed by atoms with van der Waals surface area (Å²) in [6, 6.07) is 3.08. The van der Waals surface area contributed by atoms with Crippen molar-refractivity contribution in [1.82, 2.24) is 0 Å². The van der Waals surface area contributed by atoms with E-state index in [0.717, 1.165) is 3.57 Å². The fourth-order valence-electron chi connectivity index (χ4n) is 2.80. The van der Waals surface area contributed by atoms with E-state index in [2.05, 4.69) is 77.2 Å². The highest BCUT2D eigenvalue weighted by molar-refractivity contribution is 14.1. The van der Waals surface area contributed by atoms with Gasteiger partial charge in [0.15, 0.2) is 8.32 Å². The number of ether oxygens (including phenoxy) is 2. The van der Waals surface area contributed by atoms with E-state index < -0.39 is 14.3 Å². The van der Waals surface area contributed by atoms with E-state index in [1.807, 2.05) is 13.8 Å². The molecule has 6 nitrogen and oxygen atoms in total. The predicted molar refractivity (Wildman–Crippen MR) is 161 cm³/mol. The van der Waals surface area contributed by atoms with Crippen LogP contribution >= 0.6 is 34.2 Å². The molecule has 1 aromatic carbocycles. The van der Waals surface area contributed by atoms with Crippen LogP contribution in [0.15, 0.2) is 22.7 Å². The second-order valence-electron chi connectivity index (χ2n) is 11.6. The molecular formula is C27H43ClINO5Si. The molecule has 0 saturated heterocycles. The van der Waals surface area contributed by atoms with Crippen molar-refractivity contribution in [2.24, 2.45) is 10.4 Å². The van der Waals surface area contributed by atoms with Crippen molar-refractivity contribution < 1.29 is 23.8 Å². The van der Waals surface area contributed by atoms with Crippen LogP contribution in [0.5, 0.6) is 5.75 Å². The van der Waals surface area contributed by atoms with Crippen LogP contribution in [0.3, 0.4) is 0 Å². The summed E-state index contributed by atoms with van der Waals surface area (Å²) < 4.78 is 18.2. The van der Waals surface area contributed by atoms with Gasteiger partial charge in [0.1, 0.15) is 17.1 Å². The van der Waals surface area contributed by atoms with Crippen LogP contribution in [0.2, 0.25) is 23.2 Å². The number of benzene rings is 1. The molecule has 204 valence electrons. The fourth-order valence-corrected chi connectivity index (χ4v) is 4.65. The first-order valence-electron chi connectivity index (χ1n) is 12.2. The van der Waals surface area contributed by atoms with Crippen molar-refractivity contribution in [3.63, 3.8) is 0 Å². The number of nitrogens with zero attached hydrogens (tertiary/aromatic N) is 1. The standard InChI is InChI=1S/C27H43ClINO5Si/c1-12-33-25(32)19(24(31)18-13-21(29)22(14-20(18)28)35-17(2)3)15-30-23(26(4,5)6)16-34-36(10,11)27(7,8)9/h13-15,17,23,31H,12,16H2,1-11H3/t23-/m1/s1. The molecule has 0 spiro atoms. The van der Waals surface area contributed by atoms with Crippen molar-refractivity contribution in [3.05, 3.63) is 31.9 Å². The van der Waals surface area contributed by atoms with Crippen molar-refractivity contribution in [1.29, 1.82) is 0 Å². The maximum Gasteiger partial charge on any atom is 0.343 e. The number of aliphatic hydroxyl groups excluding tert-OH is 1. The summed E-state index contributed by atoms with van der Waals surface area (Å²) in [5, 5.41) is 11.5. The number of aliphatic imine (C=N–C) groups is 1. The first-order chi connectivity index (χ1) is 16.3. The number of hydrogen-bond acceptors (Lipinski definition) is 6. The summed E-state index contributed by atoms with van der Waals surface area (Å²) in [5.74, 6) is -0.367. The lowest BCUT2D eigenvalue weighted by molar-refractivity contribution is -0.137. The fraction of sp³-hybridized carbons (Fsp3) is 0.630. The lowest BCUT2D eigenvalue weighted by atomic mass is 9.88. The van der Waals surface area contributed by atoms with Gasteiger partial charge in [0, 0.05) is 17.8 Å². The van der Waals surface area contributed by atoms with Gasteiger partial charge < -0.3 is 19.0 Å². The van der Waals surface area contributed by atoms with Crippen molar-refractivity contribution in [3.8, 4) is 5.75 Å². The first kappa shape index (κ1) is 32.9. The Bertz CT molecular complexity index is 978. The summed E-state index contributed by atoms with van der Waals surface area (Å²) >= 11 is 8.61. The third kappa shape index (κ3) is 9.33. The van der Waals surface area contributed by atoms with E-state index in [1.54, 1.807) is 19.1 Å². The van der Waals surface area contributed by atoms with Gasteiger partial charge in [-0.3, -0.25) is 4.99 Å². The summed E-state index contributed by atoms with van der Waals surface area (Å²) in [6.07, 6.45) is 1.36. The van der Waals surface area contributed by atoms with Crippen LogP contribution in [-0.4, -0.2) is 51.0 Å². The SMILES string of the molecule is CCOC(=O)C(C=N[C@H](CO[Si](C)(C)C(C)(C)C)C(C)(C)C)=C(O)c1cc(I)c(OC(C)C)cc1Cl. The number of carbonyl (C=O) groups excluding carboxylic acids is 1. The van der Waals surface area contributed by atoms with Crippen LogP contribution in [0.4, 0.5) is 0 Å². The third-order valence-corrected chi connectivity index (χ3v) is 11.8. The molecule has 36 heavy (non-hydrogen) atoms. The van der Waals surface area contributed by atoms with Gasteiger partial charge in [-0.05, 0) is 73.0 Å². The molecule has 0 bridgehead atoms. The molecule has 0 amide bonds. The zero-order chi connectivity index (χ0) is 28.1. The second-order valence-corrected chi connectivity index (χ2v) is 18.0. The molecule has 1 atom stereocenters. The zero-order valence-corrected chi connectivity index (χ0v) is 27.5. The zero-order valence-electron chi connectivity index (χ0n) is 23.6. The number of halogens is 2. The van der Waals surface area contributed by atoms with E-state index in [1.165, 1.54) is 6.21 Å². The summed E-state index contributed by atoms with van der Waals surface area (Å²) in [6.45, 7) is 23.3. The summed E-state index contributed by atoms with van der Waals surface area (Å²) in [4.78, 5) is 17.6. The van der Waals surface area contributed by atoms with Crippen LogP contribution in [0.25, 0.3) is 5.76 Å². The molecule has 1 aromatic rings. The Labute approximate surface area is 237 Å². The largest absolute Gasteiger partial charge is 0.506 e. The average Bonchev–Trinajstić information content (AvgIpc) is 2.70. The third-order valence-electron chi connectivity index (χ3n) is 6.18. The molecule has 0 saturated carbocycles. The molecule has 0 aliphatic carbocycles. The number of esters is 1. The van der Waals surface area contributed by atoms with E-state index in [0.29, 0.717) is 17.9 Å². The highest BCUT2D eigenvalue weighted by Crippen LogP contribution is 2.38. The van der Waals surface area contributed by atoms with Gasteiger partial charge in [-0.2, -0.15) is 0 Å². The molecule has 0 aliphatic heterocycles. The Morgan fingerprint density at radius 2 is 1.78 bits per heavy atom. The van der Waals surface area contributed by atoms with Gasteiger partial charge in [-0.15, -0.1) is 0 Å². The number of rotatable bonds is 10. The van der Waals surface area contributed by atoms with E-state index in [4.69, 9.17) is 30.5 Å². The highest BCUT2D eigenvalue weighted by atomic mass is 127. The van der Waals surface area contributed by atoms with Crippen molar-refractivity contribution >= 4 is 60.5 Å². The Morgan fingerprint density at radius 3 is 2.25 bits per heavy atom. The number of aliphatic hydroxyl groups is 1. The lowest BCUT2D eigenvalue weighted by Gasteiger charge is -2.38. The Kier molecular flexibility index (Phi) is 12.0. The minimum atomic E-state index is -2.00. The summed E-state index contributed by atoms with van der Waals surface area (Å²) in [7, 11) is -2.00. The predicted octanol–water partition coefficient (Wildman–Crippen LogP) is 8.07. The van der Waals surface area contributed by atoms with Crippen LogP contribution in [0.1, 0.15) is 67.9 Å². The lowest BCUT2D eigenvalue weighted by Crippen LogP contribution is -2.44. The Hall–Kier alpha value is -1.10. The van der Waals surface area contributed by atoms with E-state index in [9.17, 15) is 9.90 Å². The van der Waals surface area contributed by atoms with Crippen molar-refractivity contribution in [2.45, 2.75) is 92.6 Å². The molecule has 0 unspecified atom stereocenters. The van der Waals surface area contributed by atoms with Crippen LogP contribution in [0, 0.1) is 8.99 Å². The summed E-state index contributed by atoms with van der Waals surface area (Å²) in [5.41, 5.74) is 0.00191. The molecule has 1 rings (SSSR count). The number of hydrogen-bond donors (Lipinski definition) is 1. The first-order valence-corrected chi connectivity index (χ1v) is 16.6. The molecule has 1 N–H and O–H groups in total. The van der Waals surface area contributed by atoms with Crippen LogP contribution in [-0.2, 0) is 14.0 Å². The Balaban J connectivity index is 3.50. The molecule has 9 heteroatoms. The van der Waals surface area contributed by atoms with Gasteiger partial charge >= 0.3 is 5.97 Å². The quantitative estimate of drug-likeness (QED) is 0.0692. The maximum absolute atomic E-state index is 12.9. The minimum absolute atomic E-state index is 0.0327. The molecule has 0 fully saturated rings. The molecule has 0 aromatic heterocycles. The maximum atomic E-state index is 12.9. The molecule has 0 aliphatic rings. The number of carbonyl (C=O) groups is 1. The molecule has 0 radical (unpaired) electrons. The van der Waals surface area contributed by atoms with E-state index >= 15 is 0 Å². The monoisotopic (exact) mass is 651 g/mol. The Morgan fingerprint density at radius 1 is 1.19 bits per heavy atom. The van der Waals surface area contributed by atoms with E-state index in [-0.39, 0.29) is 45.6 Å². The van der Waals surface area contributed by atoms with Gasteiger partial charge in [-0.25, -0.2) is 4.79 Å². The smallest absolute Gasteiger partial charge is 0.343 e.